The lowest BCUT2D eigenvalue weighted by molar-refractivity contribution is 0.104. The molecule has 0 unspecified atom stereocenters. The fourth-order valence-electron chi connectivity index (χ4n) is 2.24. The average Bonchev–Trinajstić information content (AvgIpc) is 2.34. The summed E-state index contributed by atoms with van der Waals surface area (Å²) in [5.74, 6) is 0. The van der Waals surface area contributed by atoms with Crippen LogP contribution in [0.1, 0.15) is 12.5 Å². The fraction of sp³-hybridized carbons (Fsp3) is 0.462. The van der Waals surface area contributed by atoms with Crippen molar-refractivity contribution in [3.63, 3.8) is 0 Å². The van der Waals surface area contributed by atoms with Gasteiger partial charge in [-0.05, 0) is 31.0 Å². The Bertz CT molecular complexity index is 422. The summed E-state index contributed by atoms with van der Waals surface area (Å²) in [4.78, 5) is 12.6. The van der Waals surface area contributed by atoms with Gasteiger partial charge in [0.05, 0.1) is 0 Å². The molecule has 1 fully saturated rings. The van der Waals surface area contributed by atoms with E-state index >= 15 is 0 Å². The number of nitrogens with one attached hydrogen (secondary N) is 1. The molecule has 1 amide bonds. The third kappa shape index (κ3) is 3.15. The van der Waals surface area contributed by atoms with Crippen molar-refractivity contribution in [1.82, 2.24) is 10.2 Å². The zero-order valence-electron chi connectivity index (χ0n) is 10.3. The van der Waals surface area contributed by atoms with Gasteiger partial charge in [-0.1, -0.05) is 23.7 Å². The van der Waals surface area contributed by atoms with E-state index in [9.17, 15) is 4.79 Å². The van der Waals surface area contributed by atoms with E-state index in [0.717, 1.165) is 17.0 Å². The van der Waals surface area contributed by atoms with Crippen molar-refractivity contribution in [2.45, 2.75) is 25.4 Å². The van der Waals surface area contributed by atoms with E-state index in [1.54, 1.807) is 0 Å². The minimum Gasteiger partial charge on any atom is -0.465 e. The predicted molar refractivity (Wildman–Crippen MR) is 71.1 cm³/mol. The molecule has 0 spiro atoms. The molecule has 2 N–H and O–H groups in total. The SMILES string of the molecule is C[C@H]1CN[C@@H](Cc2ccc(Cl)cc2)CN1C(=O)O. The largest absolute Gasteiger partial charge is 0.465 e. The highest BCUT2D eigenvalue weighted by Crippen LogP contribution is 2.14. The van der Waals surface area contributed by atoms with Crippen molar-refractivity contribution in [1.29, 1.82) is 0 Å². The van der Waals surface area contributed by atoms with Gasteiger partial charge < -0.3 is 15.3 Å². The summed E-state index contributed by atoms with van der Waals surface area (Å²) in [5.41, 5.74) is 1.16. The van der Waals surface area contributed by atoms with Crippen molar-refractivity contribution in [2.24, 2.45) is 0 Å². The summed E-state index contributed by atoms with van der Waals surface area (Å²) >= 11 is 5.84. The second-order valence-electron chi connectivity index (χ2n) is 4.72. The zero-order chi connectivity index (χ0) is 13.1. The van der Waals surface area contributed by atoms with Gasteiger partial charge in [0.1, 0.15) is 0 Å². The van der Waals surface area contributed by atoms with Crippen LogP contribution in [0.2, 0.25) is 5.02 Å². The van der Waals surface area contributed by atoms with Crippen LogP contribution in [-0.4, -0.2) is 41.3 Å². The van der Waals surface area contributed by atoms with Gasteiger partial charge in [0.2, 0.25) is 0 Å². The molecule has 1 aliphatic rings. The number of benzene rings is 1. The van der Waals surface area contributed by atoms with Gasteiger partial charge in [-0.15, -0.1) is 0 Å². The molecule has 1 heterocycles. The predicted octanol–water partition coefficient (Wildman–Crippen LogP) is 2.22. The second-order valence-corrected chi connectivity index (χ2v) is 5.16. The molecule has 18 heavy (non-hydrogen) atoms. The Morgan fingerprint density at radius 2 is 2.17 bits per heavy atom. The molecule has 1 aromatic rings. The average molecular weight is 269 g/mol. The van der Waals surface area contributed by atoms with E-state index in [-0.39, 0.29) is 12.1 Å². The van der Waals surface area contributed by atoms with Crippen LogP contribution >= 0.6 is 11.6 Å². The van der Waals surface area contributed by atoms with Crippen molar-refractivity contribution in [3.8, 4) is 0 Å². The standard InChI is InChI=1S/C13H17ClN2O2/c1-9-7-15-12(8-16(9)13(17)18)6-10-2-4-11(14)5-3-10/h2-5,9,12,15H,6-8H2,1H3,(H,17,18)/t9-,12-/m0/s1. The molecule has 98 valence electrons. The number of hydrogen-bond donors (Lipinski definition) is 2. The minimum atomic E-state index is -0.842. The molecule has 1 aliphatic heterocycles. The Morgan fingerprint density at radius 3 is 2.78 bits per heavy atom. The van der Waals surface area contributed by atoms with Gasteiger partial charge in [-0.3, -0.25) is 0 Å². The van der Waals surface area contributed by atoms with Gasteiger partial charge in [-0.2, -0.15) is 0 Å². The number of rotatable bonds is 2. The highest BCUT2D eigenvalue weighted by Gasteiger charge is 2.28. The van der Waals surface area contributed by atoms with Crippen molar-refractivity contribution < 1.29 is 9.90 Å². The van der Waals surface area contributed by atoms with E-state index in [1.165, 1.54) is 4.90 Å². The van der Waals surface area contributed by atoms with Gasteiger partial charge in [-0.25, -0.2) is 4.79 Å². The molecule has 0 aliphatic carbocycles. The van der Waals surface area contributed by atoms with Crippen LogP contribution < -0.4 is 5.32 Å². The van der Waals surface area contributed by atoms with Crippen LogP contribution in [0.25, 0.3) is 0 Å². The first-order chi connectivity index (χ1) is 8.56. The lowest BCUT2D eigenvalue weighted by Gasteiger charge is -2.37. The molecule has 4 nitrogen and oxygen atoms in total. The van der Waals surface area contributed by atoms with E-state index < -0.39 is 6.09 Å². The molecule has 2 atom stereocenters. The topological polar surface area (TPSA) is 52.6 Å². The van der Waals surface area contributed by atoms with E-state index in [0.29, 0.717) is 13.1 Å². The van der Waals surface area contributed by atoms with Crippen LogP contribution in [-0.2, 0) is 6.42 Å². The number of halogens is 1. The van der Waals surface area contributed by atoms with Crippen molar-refractivity contribution in [2.75, 3.05) is 13.1 Å². The summed E-state index contributed by atoms with van der Waals surface area (Å²) in [6.07, 6.45) is -0.0293. The number of carboxylic acid groups (broad SMARTS) is 1. The van der Waals surface area contributed by atoms with Gasteiger partial charge in [0.25, 0.3) is 0 Å². The van der Waals surface area contributed by atoms with E-state index in [2.05, 4.69) is 5.32 Å². The molecule has 0 aromatic heterocycles. The van der Waals surface area contributed by atoms with Gasteiger partial charge in [0.15, 0.2) is 0 Å². The van der Waals surface area contributed by atoms with Crippen molar-refractivity contribution >= 4 is 17.7 Å². The fourth-order valence-corrected chi connectivity index (χ4v) is 2.36. The highest BCUT2D eigenvalue weighted by molar-refractivity contribution is 6.30. The summed E-state index contributed by atoms with van der Waals surface area (Å²) < 4.78 is 0. The minimum absolute atomic E-state index is 0.0315. The monoisotopic (exact) mass is 268 g/mol. The first kappa shape index (κ1) is 13.2. The number of hydrogen-bond acceptors (Lipinski definition) is 2. The van der Waals surface area contributed by atoms with Crippen LogP contribution in [0.5, 0.6) is 0 Å². The molecule has 2 rings (SSSR count). The third-order valence-electron chi connectivity index (χ3n) is 3.29. The molecular weight excluding hydrogens is 252 g/mol. The zero-order valence-corrected chi connectivity index (χ0v) is 11.0. The Labute approximate surface area is 112 Å². The van der Waals surface area contributed by atoms with Crippen LogP contribution in [0.4, 0.5) is 4.79 Å². The third-order valence-corrected chi connectivity index (χ3v) is 3.54. The molecule has 1 aromatic carbocycles. The number of piperazine rings is 1. The van der Waals surface area contributed by atoms with Gasteiger partial charge >= 0.3 is 6.09 Å². The van der Waals surface area contributed by atoms with E-state index in [1.807, 2.05) is 31.2 Å². The van der Waals surface area contributed by atoms with E-state index in [4.69, 9.17) is 16.7 Å². The first-order valence-corrected chi connectivity index (χ1v) is 6.41. The van der Waals surface area contributed by atoms with Crippen LogP contribution in [0.3, 0.4) is 0 Å². The number of carbonyl (C=O) groups is 1. The smallest absolute Gasteiger partial charge is 0.407 e. The first-order valence-electron chi connectivity index (χ1n) is 6.03. The van der Waals surface area contributed by atoms with Crippen LogP contribution in [0.15, 0.2) is 24.3 Å². The maximum Gasteiger partial charge on any atom is 0.407 e. The lowest BCUT2D eigenvalue weighted by Crippen LogP contribution is -2.57. The maximum absolute atomic E-state index is 11.1. The maximum atomic E-state index is 11.1. The summed E-state index contributed by atoms with van der Waals surface area (Å²) in [6.45, 7) is 3.14. The number of amides is 1. The van der Waals surface area contributed by atoms with Crippen molar-refractivity contribution in [3.05, 3.63) is 34.9 Å². The van der Waals surface area contributed by atoms with Gasteiger partial charge in [0, 0.05) is 30.2 Å². The Balaban J connectivity index is 1.98. The van der Waals surface area contributed by atoms with Crippen LogP contribution in [0, 0.1) is 0 Å². The molecule has 0 bridgehead atoms. The lowest BCUT2D eigenvalue weighted by atomic mass is 10.0. The molecule has 0 radical (unpaired) electrons. The molecule has 0 saturated carbocycles. The Kier molecular flexibility index (Phi) is 4.09. The Morgan fingerprint density at radius 1 is 1.50 bits per heavy atom. The molecular formula is C13H17ClN2O2. The highest BCUT2D eigenvalue weighted by atomic mass is 35.5. The second kappa shape index (κ2) is 5.59. The number of nitrogens with zero attached hydrogens (tertiary/aromatic N) is 1. The Hall–Kier alpha value is -1.26. The quantitative estimate of drug-likeness (QED) is 0.865. The summed E-state index contributed by atoms with van der Waals surface area (Å²) in [5, 5.41) is 13.2. The molecule has 1 saturated heterocycles. The summed E-state index contributed by atoms with van der Waals surface area (Å²) in [7, 11) is 0. The molecule has 5 heteroatoms. The summed E-state index contributed by atoms with van der Waals surface area (Å²) in [6, 6.07) is 7.87. The normalized spacial score (nSPS) is 24.0.